The number of benzene rings is 2. The van der Waals surface area contributed by atoms with E-state index in [4.69, 9.17) is 21.7 Å². The minimum Gasteiger partial charge on any atom is -0.329 e. The van der Waals surface area contributed by atoms with Crippen LogP contribution in [0.4, 0.5) is 5.69 Å². The summed E-state index contributed by atoms with van der Waals surface area (Å²) in [6.07, 6.45) is -0.139. The van der Waals surface area contributed by atoms with E-state index in [1.807, 2.05) is 6.07 Å². The fraction of sp³-hybridized carbons (Fsp3) is 0.150. The maximum absolute atomic E-state index is 12.5. The number of nitrogens with zero attached hydrogens (tertiary/aromatic N) is 3. The van der Waals surface area contributed by atoms with Crippen molar-refractivity contribution in [3.63, 3.8) is 0 Å². The van der Waals surface area contributed by atoms with Gasteiger partial charge in [0.1, 0.15) is 6.07 Å². The van der Waals surface area contributed by atoms with Gasteiger partial charge in [-0.1, -0.05) is 28.8 Å². The van der Waals surface area contributed by atoms with E-state index in [0.29, 0.717) is 10.8 Å². The van der Waals surface area contributed by atoms with Crippen molar-refractivity contribution in [2.24, 2.45) is 5.92 Å². The number of carbonyl (C=O) groups excluding carboxylic acids is 4. The zero-order valence-electron chi connectivity index (χ0n) is 14.8. The van der Waals surface area contributed by atoms with Gasteiger partial charge in [0.2, 0.25) is 5.91 Å². The predicted molar refractivity (Wildman–Crippen MR) is 99.7 cm³/mol. The summed E-state index contributed by atoms with van der Waals surface area (Å²) in [4.78, 5) is 55.9. The van der Waals surface area contributed by atoms with Gasteiger partial charge < -0.3 is 9.74 Å². The lowest BCUT2D eigenvalue weighted by molar-refractivity contribution is -0.173. The first-order valence-corrected chi connectivity index (χ1v) is 8.98. The highest BCUT2D eigenvalue weighted by molar-refractivity contribution is 6.32. The van der Waals surface area contributed by atoms with Gasteiger partial charge in [0.25, 0.3) is 11.8 Å². The van der Waals surface area contributed by atoms with E-state index in [2.05, 4.69) is 0 Å². The smallest absolute Gasteiger partial charge is 0.329 e. The molecule has 3 amide bonds. The quantitative estimate of drug-likeness (QED) is 0.720. The first-order chi connectivity index (χ1) is 13.9. The normalized spacial score (nSPS) is 18.1. The summed E-state index contributed by atoms with van der Waals surface area (Å²) >= 11 is 6.01. The number of rotatable bonds is 3. The molecule has 0 spiro atoms. The maximum atomic E-state index is 12.5. The van der Waals surface area contributed by atoms with E-state index in [0.717, 1.165) is 0 Å². The fourth-order valence-electron chi connectivity index (χ4n) is 3.29. The van der Waals surface area contributed by atoms with Crippen LogP contribution in [0.5, 0.6) is 0 Å². The SMILES string of the molecule is N#Cc1ccc(N2CC(C(=O)ON3C(=O)c4ccccc4C3=O)CC2=O)cc1Cl. The van der Waals surface area contributed by atoms with Crippen LogP contribution in [-0.2, 0) is 14.4 Å². The molecule has 1 unspecified atom stereocenters. The van der Waals surface area contributed by atoms with E-state index < -0.39 is 23.7 Å². The molecular weight excluding hydrogens is 398 g/mol. The molecular formula is C20H12ClN3O5. The number of imide groups is 1. The van der Waals surface area contributed by atoms with E-state index in [-0.39, 0.29) is 40.6 Å². The topological polar surface area (TPSA) is 108 Å². The van der Waals surface area contributed by atoms with Gasteiger partial charge in [0.05, 0.1) is 27.6 Å². The number of hydrogen-bond acceptors (Lipinski definition) is 6. The molecule has 2 heterocycles. The summed E-state index contributed by atoms with van der Waals surface area (Å²) in [6.45, 7) is 0.00304. The van der Waals surface area contributed by atoms with E-state index in [9.17, 15) is 19.2 Å². The Kier molecular flexibility index (Phi) is 4.53. The predicted octanol–water partition coefficient (Wildman–Crippen LogP) is 2.32. The van der Waals surface area contributed by atoms with Gasteiger partial charge in [0, 0.05) is 18.7 Å². The first kappa shape index (κ1) is 18.7. The molecule has 1 fully saturated rings. The third kappa shape index (κ3) is 3.11. The number of nitriles is 1. The second kappa shape index (κ2) is 7.04. The summed E-state index contributed by atoms with van der Waals surface area (Å²) in [5.74, 6) is -3.50. The molecule has 144 valence electrons. The Labute approximate surface area is 169 Å². The molecule has 8 nitrogen and oxygen atoms in total. The Bertz CT molecular complexity index is 1090. The monoisotopic (exact) mass is 409 g/mol. The van der Waals surface area contributed by atoms with Crippen molar-refractivity contribution in [1.82, 2.24) is 5.06 Å². The number of carbonyl (C=O) groups is 4. The largest absolute Gasteiger partial charge is 0.338 e. The van der Waals surface area contributed by atoms with Gasteiger partial charge in [-0.3, -0.25) is 14.4 Å². The Balaban J connectivity index is 1.48. The van der Waals surface area contributed by atoms with Gasteiger partial charge in [-0.25, -0.2) is 4.79 Å². The maximum Gasteiger partial charge on any atom is 0.338 e. The molecule has 9 heteroatoms. The molecule has 0 saturated carbocycles. The van der Waals surface area contributed by atoms with Crippen LogP contribution in [-0.4, -0.2) is 35.3 Å². The molecule has 2 aliphatic rings. The molecule has 29 heavy (non-hydrogen) atoms. The summed E-state index contributed by atoms with van der Waals surface area (Å²) in [6, 6.07) is 12.6. The number of anilines is 1. The highest BCUT2D eigenvalue weighted by Gasteiger charge is 2.42. The molecule has 0 aromatic heterocycles. The molecule has 1 atom stereocenters. The minimum absolute atomic E-state index is 0.00304. The van der Waals surface area contributed by atoms with Crippen LogP contribution in [0.2, 0.25) is 5.02 Å². The molecule has 0 radical (unpaired) electrons. The average molecular weight is 410 g/mol. The second-order valence-electron chi connectivity index (χ2n) is 6.54. The number of amides is 3. The zero-order chi connectivity index (χ0) is 20.7. The van der Waals surface area contributed by atoms with Crippen molar-refractivity contribution >= 4 is 41.0 Å². The molecule has 2 aromatic rings. The summed E-state index contributed by atoms with van der Waals surface area (Å²) in [7, 11) is 0. The Hall–Kier alpha value is -3.70. The third-order valence-corrected chi connectivity index (χ3v) is 5.09. The van der Waals surface area contributed by atoms with Crippen LogP contribution in [0.1, 0.15) is 32.7 Å². The van der Waals surface area contributed by atoms with E-state index >= 15 is 0 Å². The van der Waals surface area contributed by atoms with Gasteiger partial charge in [-0.15, -0.1) is 0 Å². The standard InChI is InChI=1S/C20H12ClN3O5/c21-16-8-13(6-5-11(16)9-22)23-10-12(7-17(23)25)20(28)29-24-18(26)14-3-1-2-4-15(14)19(24)27/h1-6,8,12H,7,10H2. The van der Waals surface area contributed by atoms with Crippen LogP contribution in [0, 0.1) is 17.2 Å². The Morgan fingerprint density at radius 3 is 2.34 bits per heavy atom. The molecule has 1 saturated heterocycles. The van der Waals surface area contributed by atoms with Gasteiger partial charge in [0.15, 0.2) is 0 Å². The molecule has 4 rings (SSSR count). The second-order valence-corrected chi connectivity index (χ2v) is 6.95. The third-order valence-electron chi connectivity index (χ3n) is 4.78. The highest BCUT2D eigenvalue weighted by atomic mass is 35.5. The molecule has 2 aliphatic heterocycles. The summed E-state index contributed by atoms with van der Waals surface area (Å²) in [5, 5.41) is 9.57. The van der Waals surface area contributed by atoms with Crippen molar-refractivity contribution < 1.29 is 24.0 Å². The number of halogens is 1. The van der Waals surface area contributed by atoms with Gasteiger partial charge >= 0.3 is 5.97 Å². The number of fused-ring (bicyclic) bond motifs is 1. The van der Waals surface area contributed by atoms with Crippen LogP contribution in [0.25, 0.3) is 0 Å². The lowest BCUT2D eigenvalue weighted by atomic mass is 10.1. The highest BCUT2D eigenvalue weighted by Crippen LogP contribution is 2.30. The Morgan fingerprint density at radius 1 is 1.10 bits per heavy atom. The van der Waals surface area contributed by atoms with Gasteiger partial charge in [-0.2, -0.15) is 5.26 Å². The van der Waals surface area contributed by atoms with Crippen molar-refractivity contribution in [2.45, 2.75) is 6.42 Å². The molecule has 2 aromatic carbocycles. The lowest BCUT2D eigenvalue weighted by Gasteiger charge is -2.18. The lowest BCUT2D eigenvalue weighted by Crippen LogP contribution is -2.36. The number of hydroxylamine groups is 2. The molecule has 0 bridgehead atoms. The van der Waals surface area contributed by atoms with Crippen molar-refractivity contribution in [3.8, 4) is 6.07 Å². The van der Waals surface area contributed by atoms with Crippen LogP contribution in [0.3, 0.4) is 0 Å². The van der Waals surface area contributed by atoms with E-state index in [1.54, 1.807) is 18.2 Å². The van der Waals surface area contributed by atoms with Crippen LogP contribution in [0.15, 0.2) is 42.5 Å². The van der Waals surface area contributed by atoms with Crippen molar-refractivity contribution in [1.29, 1.82) is 5.26 Å². The average Bonchev–Trinajstić information content (AvgIpc) is 3.22. The summed E-state index contributed by atoms with van der Waals surface area (Å²) < 4.78 is 0. The zero-order valence-corrected chi connectivity index (χ0v) is 15.5. The summed E-state index contributed by atoms with van der Waals surface area (Å²) in [5.41, 5.74) is 1.02. The Morgan fingerprint density at radius 2 is 1.76 bits per heavy atom. The molecule has 0 N–H and O–H groups in total. The number of hydrogen-bond donors (Lipinski definition) is 0. The van der Waals surface area contributed by atoms with Crippen molar-refractivity contribution in [3.05, 3.63) is 64.2 Å². The van der Waals surface area contributed by atoms with Gasteiger partial charge in [-0.05, 0) is 30.3 Å². The first-order valence-electron chi connectivity index (χ1n) is 8.60. The van der Waals surface area contributed by atoms with Crippen LogP contribution < -0.4 is 4.90 Å². The fourth-order valence-corrected chi connectivity index (χ4v) is 3.51. The minimum atomic E-state index is -0.860. The van der Waals surface area contributed by atoms with E-state index in [1.165, 1.54) is 29.2 Å². The molecule has 0 aliphatic carbocycles. The van der Waals surface area contributed by atoms with Crippen molar-refractivity contribution in [2.75, 3.05) is 11.4 Å². The van der Waals surface area contributed by atoms with Crippen LogP contribution >= 0.6 is 11.6 Å².